The average Bonchev–Trinajstić information content (AvgIpc) is 2.67. The van der Waals surface area contributed by atoms with Crippen LogP contribution in [0, 0.1) is 11.3 Å². The van der Waals surface area contributed by atoms with Gasteiger partial charge in [0.2, 0.25) is 5.95 Å². The number of nitrogens with one attached hydrogen (secondary N) is 2. The van der Waals surface area contributed by atoms with Crippen LogP contribution in [0.2, 0.25) is 0 Å². The first-order chi connectivity index (χ1) is 12.3. The van der Waals surface area contributed by atoms with Gasteiger partial charge in [0.15, 0.2) is 5.82 Å². The number of hydrogen-bond acceptors (Lipinski definition) is 7. The summed E-state index contributed by atoms with van der Waals surface area (Å²) < 4.78 is 5.33. The third-order valence-electron chi connectivity index (χ3n) is 3.46. The maximum atomic E-state index is 8.95. The van der Waals surface area contributed by atoms with E-state index in [0.717, 1.165) is 17.0 Å². The molecule has 7 nitrogen and oxygen atoms in total. The van der Waals surface area contributed by atoms with Gasteiger partial charge in [-0.05, 0) is 24.3 Å². The van der Waals surface area contributed by atoms with E-state index < -0.39 is 0 Å². The van der Waals surface area contributed by atoms with Gasteiger partial charge >= 0.3 is 0 Å². The molecule has 0 atom stereocenters. The number of benzene rings is 2. The molecule has 0 saturated carbocycles. The second kappa shape index (κ2) is 7.75. The van der Waals surface area contributed by atoms with Crippen molar-refractivity contribution < 1.29 is 4.74 Å². The lowest BCUT2D eigenvalue weighted by Crippen LogP contribution is -2.06. The lowest BCUT2D eigenvalue weighted by atomic mass is 10.2. The van der Waals surface area contributed by atoms with Gasteiger partial charge in [-0.1, -0.05) is 24.3 Å². The van der Waals surface area contributed by atoms with Crippen molar-refractivity contribution in [3.8, 4) is 11.8 Å². The molecule has 7 heteroatoms. The number of aromatic nitrogens is 3. The van der Waals surface area contributed by atoms with Gasteiger partial charge in [-0.2, -0.15) is 15.3 Å². The average molecular weight is 332 g/mol. The smallest absolute Gasteiger partial charge is 0.249 e. The first kappa shape index (κ1) is 16.2. The van der Waals surface area contributed by atoms with Crippen molar-refractivity contribution in [2.45, 2.75) is 6.54 Å². The van der Waals surface area contributed by atoms with E-state index >= 15 is 0 Å². The Morgan fingerprint density at radius 2 is 2.04 bits per heavy atom. The number of nitriles is 1. The number of rotatable bonds is 6. The number of para-hydroxylation sites is 1. The van der Waals surface area contributed by atoms with E-state index in [2.05, 4.69) is 31.9 Å². The molecule has 0 amide bonds. The van der Waals surface area contributed by atoms with E-state index in [1.165, 1.54) is 0 Å². The topological polar surface area (TPSA) is 95.8 Å². The molecule has 0 radical (unpaired) electrons. The molecule has 0 aliphatic rings. The Labute approximate surface area is 145 Å². The van der Waals surface area contributed by atoms with E-state index in [4.69, 9.17) is 10.00 Å². The van der Waals surface area contributed by atoms with Crippen LogP contribution in [0.5, 0.6) is 5.75 Å². The maximum absolute atomic E-state index is 8.95. The van der Waals surface area contributed by atoms with Gasteiger partial charge in [0.05, 0.1) is 24.9 Å². The first-order valence-electron chi connectivity index (χ1n) is 7.61. The highest BCUT2D eigenvalue weighted by Crippen LogP contribution is 2.19. The van der Waals surface area contributed by atoms with Crippen LogP contribution in [-0.4, -0.2) is 22.3 Å². The summed E-state index contributed by atoms with van der Waals surface area (Å²) in [5, 5.41) is 23.1. The van der Waals surface area contributed by atoms with Crippen molar-refractivity contribution in [1.29, 1.82) is 5.26 Å². The van der Waals surface area contributed by atoms with Crippen LogP contribution in [0.3, 0.4) is 0 Å². The SMILES string of the molecule is COc1ccccc1CNc1cnnc(Nc2cccc(C#N)c2)n1. The van der Waals surface area contributed by atoms with Crippen molar-refractivity contribution in [1.82, 2.24) is 15.2 Å². The fourth-order valence-corrected chi connectivity index (χ4v) is 2.27. The normalized spacial score (nSPS) is 9.92. The molecular formula is C18H16N6O. The van der Waals surface area contributed by atoms with Crippen LogP contribution in [0.4, 0.5) is 17.5 Å². The summed E-state index contributed by atoms with van der Waals surface area (Å²) in [6.07, 6.45) is 1.55. The monoisotopic (exact) mass is 332 g/mol. The van der Waals surface area contributed by atoms with E-state index in [9.17, 15) is 0 Å². The second-order valence-electron chi connectivity index (χ2n) is 5.15. The fraction of sp³-hybridized carbons (Fsp3) is 0.111. The van der Waals surface area contributed by atoms with Crippen LogP contribution in [0.25, 0.3) is 0 Å². The van der Waals surface area contributed by atoms with Gasteiger partial charge in [0.25, 0.3) is 0 Å². The lowest BCUT2D eigenvalue weighted by molar-refractivity contribution is 0.410. The molecule has 25 heavy (non-hydrogen) atoms. The summed E-state index contributed by atoms with van der Waals surface area (Å²) in [7, 11) is 1.64. The Morgan fingerprint density at radius 1 is 1.16 bits per heavy atom. The highest BCUT2D eigenvalue weighted by Gasteiger charge is 2.05. The molecule has 1 heterocycles. The van der Waals surface area contributed by atoms with Gasteiger partial charge in [0.1, 0.15) is 5.75 Å². The van der Waals surface area contributed by atoms with Crippen molar-refractivity contribution >= 4 is 17.5 Å². The third-order valence-corrected chi connectivity index (χ3v) is 3.46. The summed E-state index contributed by atoms with van der Waals surface area (Å²) in [6.45, 7) is 0.548. The Balaban J connectivity index is 1.70. The number of nitrogens with zero attached hydrogens (tertiary/aromatic N) is 4. The van der Waals surface area contributed by atoms with Crippen LogP contribution in [-0.2, 0) is 6.54 Å². The summed E-state index contributed by atoms with van der Waals surface area (Å²) >= 11 is 0. The van der Waals surface area contributed by atoms with Crippen LogP contribution in [0.15, 0.2) is 54.7 Å². The predicted molar refractivity (Wildman–Crippen MR) is 94.6 cm³/mol. The highest BCUT2D eigenvalue weighted by atomic mass is 16.5. The second-order valence-corrected chi connectivity index (χ2v) is 5.15. The minimum atomic E-state index is 0.347. The standard InChI is InChI=1S/C18H16N6O/c1-25-16-8-3-2-6-14(16)11-20-17-12-21-24-18(23-17)22-15-7-4-5-13(9-15)10-19/h2-9,12H,11H2,1H3,(H2,20,22,23,24). The van der Waals surface area contributed by atoms with Gasteiger partial charge < -0.3 is 15.4 Å². The van der Waals surface area contributed by atoms with Crippen LogP contribution < -0.4 is 15.4 Å². The summed E-state index contributed by atoms with van der Waals surface area (Å²) in [4.78, 5) is 4.37. The molecule has 2 aromatic carbocycles. The van der Waals surface area contributed by atoms with Gasteiger partial charge in [-0.3, -0.25) is 0 Å². The van der Waals surface area contributed by atoms with Crippen LogP contribution in [0.1, 0.15) is 11.1 Å². The van der Waals surface area contributed by atoms with Crippen molar-refractivity contribution in [3.63, 3.8) is 0 Å². The molecule has 3 rings (SSSR count). The Hall–Kier alpha value is -3.66. The molecule has 0 bridgehead atoms. The molecule has 1 aromatic heterocycles. The minimum Gasteiger partial charge on any atom is -0.496 e. The number of methoxy groups -OCH3 is 1. The van der Waals surface area contributed by atoms with E-state index in [-0.39, 0.29) is 0 Å². The summed E-state index contributed by atoms with van der Waals surface area (Å²) in [5.41, 5.74) is 2.30. The molecule has 3 aromatic rings. The van der Waals surface area contributed by atoms with Crippen molar-refractivity contribution in [3.05, 3.63) is 65.9 Å². The van der Waals surface area contributed by atoms with Crippen LogP contribution >= 0.6 is 0 Å². The maximum Gasteiger partial charge on any atom is 0.249 e. The Morgan fingerprint density at radius 3 is 2.88 bits per heavy atom. The number of ether oxygens (including phenoxy) is 1. The summed E-state index contributed by atoms with van der Waals surface area (Å²) in [5.74, 6) is 1.74. The van der Waals surface area contributed by atoms with E-state index in [0.29, 0.717) is 23.9 Å². The molecule has 0 aliphatic heterocycles. The zero-order valence-electron chi connectivity index (χ0n) is 13.6. The molecule has 0 saturated heterocycles. The molecular weight excluding hydrogens is 316 g/mol. The molecule has 0 unspecified atom stereocenters. The Bertz CT molecular complexity index is 906. The molecule has 0 fully saturated rings. The first-order valence-corrected chi connectivity index (χ1v) is 7.61. The van der Waals surface area contributed by atoms with Gasteiger partial charge in [-0.15, -0.1) is 5.10 Å². The van der Waals surface area contributed by atoms with Gasteiger partial charge in [-0.25, -0.2) is 0 Å². The van der Waals surface area contributed by atoms with E-state index in [1.54, 1.807) is 31.5 Å². The molecule has 0 aliphatic carbocycles. The largest absolute Gasteiger partial charge is 0.496 e. The molecule has 124 valence electrons. The lowest BCUT2D eigenvalue weighted by Gasteiger charge is -2.10. The van der Waals surface area contributed by atoms with Gasteiger partial charge in [0, 0.05) is 17.8 Å². The summed E-state index contributed by atoms with van der Waals surface area (Å²) in [6, 6.07) is 16.9. The number of anilines is 3. The molecule has 2 N–H and O–H groups in total. The highest BCUT2D eigenvalue weighted by molar-refractivity contribution is 5.56. The zero-order valence-corrected chi connectivity index (χ0v) is 13.6. The quantitative estimate of drug-likeness (QED) is 0.716. The van der Waals surface area contributed by atoms with Crippen molar-refractivity contribution in [2.24, 2.45) is 0 Å². The Kier molecular flexibility index (Phi) is 5.02. The predicted octanol–water partition coefficient (Wildman–Crippen LogP) is 3.11. The fourth-order valence-electron chi connectivity index (χ4n) is 2.27. The van der Waals surface area contributed by atoms with E-state index in [1.807, 2.05) is 30.3 Å². The number of hydrogen-bond donors (Lipinski definition) is 2. The minimum absolute atomic E-state index is 0.347. The molecule has 0 spiro atoms. The third kappa shape index (κ3) is 4.20. The van der Waals surface area contributed by atoms with Crippen molar-refractivity contribution in [2.75, 3.05) is 17.7 Å². The zero-order chi connectivity index (χ0) is 17.5.